The molecule has 16 heteroatoms. The van der Waals surface area contributed by atoms with Crippen LogP contribution in [-0.2, 0) is 30.0 Å². The van der Waals surface area contributed by atoms with E-state index in [0.29, 0.717) is 19.3 Å². The standard InChI is InChI=1S/C38H45F3N4O9/c1-6-52-33(49)37-17-21(37)12-10-8-7-9-11-13-25(43-34(50)54-35(2,3)4)32(48)45-20-36(18-26(45)31(47)44-37)19-27(46)28-23-16-22(51-5)14-15-24(23)42-30(29(28)53-36)38(39,40)41/h10,12,14-16,21,25-26H,6-9,11,13,17-20H2,1-5H3,(H,43,50)(H,44,47)/b12-10-/t21-,25+,26+,36+,37-/m1/s1. The molecular weight excluding hydrogens is 713 g/mol. The van der Waals surface area contributed by atoms with E-state index in [1.807, 2.05) is 12.2 Å². The first-order chi connectivity index (χ1) is 25.4. The summed E-state index contributed by atoms with van der Waals surface area (Å²) in [4.78, 5) is 74.3. The Morgan fingerprint density at radius 3 is 2.56 bits per heavy atom. The van der Waals surface area contributed by atoms with E-state index in [1.54, 1.807) is 27.7 Å². The number of pyridine rings is 1. The fourth-order valence-corrected chi connectivity index (χ4v) is 7.64. The Kier molecular flexibility index (Phi) is 10.4. The van der Waals surface area contributed by atoms with Crippen LogP contribution in [-0.4, -0.2) is 88.6 Å². The second-order valence-electron chi connectivity index (χ2n) is 15.4. The summed E-state index contributed by atoms with van der Waals surface area (Å²) in [5.74, 6) is -3.80. The highest BCUT2D eigenvalue weighted by molar-refractivity contribution is 6.11. The van der Waals surface area contributed by atoms with Gasteiger partial charge in [0.2, 0.25) is 11.8 Å². The third-order valence-electron chi connectivity index (χ3n) is 10.2. The number of halogens is 3. The largest absolute Gasteiger partial charge is 0.497 e. The van der Waals surface area contributed by atoms with Crippen molar-refractivity contribution in [1.29, 1.82) is 0 Å². The summed E-state index contributed by atoms with van der Waals surface area (Å²) >= 11 is 0. The first kappa shape index (κ1) is 38.8. The number of Topliss-reactive ketones (excluding diaryl/α,β-unsaturated/α-hetero) is 1. The molecule has 2 aromatic rings. The molecule has 4 aliphatic rings. The van der Waals surface area contributed by atoms with Crippen LogP contribution < -0.4 is 20.1 Å². The molecule has 0 bridgehead atoms. The lowest BCUT2D eigenvalue weighted by molar-refractivity contribution is -0.150. The number of nitrogens with one attached hydrogen (secondary N) is 2. The smallest absolute Gasteiger partial charge is 0.437 e. The number of ketones is 1. The summed E-state index contributed by atoms with van der Waals surface area (Å²) in [6.07, 6.45) is -0.00593. The number of allylic oxidation sites excluding steroid dienone is 1. The number of rotatable bonds is 4. The van der Waals surface area contributed by atoms with Gasteiger partial charge < -0.3 is 34.5 Å². The van der Waals surface area contributed by atoms with Crippen molar-refractivity contribution < 1.29 is 56.1 Å². The molecule has 54 heavy (non-hydrogen) atoms. The van der Waals surface area contributed by atoms with Crippen molar-refractivity contribution >= 4 is 40.6 Å². The monoisotopic (exact) mass is 758 g/mol. The summed E-state index contributed by atoms with van der Waals surface area (Å²) in [5.41, 5.74) is -6.00. The number of hydrogen-bond donors (Lipinski definition) is 2. The van der Waals surface area contributed by atoms with Crippen molar-refractivity contribution in [2.75, 3.05) is 20.3 Å². The molecule has 292 valence electrons. The van der Waals surface area contributed by atoms with E-state index < -0.39 is 101 Å². The SMILES string of the molecule is CCOC(=O)[C@@]12C[C@H]1/C=C\CCCCC[C@H](NC(=O)OC(C)(C)C)C(=O)N1C[C@@]3(CC(=O)c4c(c(C(F)(F)F)nc5ccc(OC)cc45)O3)C[C@H]1C(=O)N2. The van der Waals surface area contributed by atoms with Crippen LogP contribution in [0.4, 0.5) is 18.0 Å². The highest BCUT2D eigenvalue weighted by Gasteiger charge is 2.63. The normalized spacial score (nSPS) is 28.0. The van der Waals surface area contributed by atoms with Crippen LogP contribution in [0.15, 0.2) is 30.4 Å². The molecule has 4 heterocycles. The molecular formula is C38H45F3N4O9. The van der Waals surface area contributed by atoms with Crippen LogP contribution in [0.5, 0.6) is 11.5 Å². The number of methoxy groups -OCH3 is 1. The molecule has 0 unspecified atom stereocenters. The van der Waals surface area contributed by atoms with Crippen molar-refractivity contribution in [2.45, 2.75) is 114 Å². The third kappa shape index (κ3) is 7.69. The number of carbonyl (C=O) groups excluding carboxylic acids is 5. The van der Waals surface area contributed by atoms with Crippen LogP contribution in [0, 0.1) is 5.92 Å². The topological polar surface area (TPSA) is 162 Å². The van der Waals surface area contributed by atoms with Gasteiger partial charge in [0.15, 0.2) is 17.2 Å². The number of amides is 3. The number of carbonyl (C=O) groups is 5. The van der Waals surface area contributed by atoms with E-state index in [0.717, 1.165) is 11.3 Å². The highest BCUT2D eigenvalue weighted by Crippen LogP contribution is 2.50. The molecule has 0 radical (unpaired) electrons. The average Bonchev–Trinajstić information content (AvgIpc) is 3.66. The molecule has 3 aliphatic heterocycles. The lowest BCUT2D eigenvalue weighted by atomic mass is 9.86. The van der Waals surface area contributed by atoms with E-state index in [2.05, 4.69) is 15.6 Å². The molecule has 1 aliphatic carbocycles. The number of nitrogens with zero attached hydrogens (tertiary/aromatic N) is 2. The van der Waals surface area contributed by atoms with Gasteiger partial charge in [-0.2, -0.15) is 13.2 Å². The van der Waals surface area contributed by atoms with E-state index in [1.165, 1.54) is 25.3 Å². The van der Waals surface area contributed by atoms with Gasteiger partial charge in [-0.05, 0) is 71.6 Å². The van der Waals surface area contributed by atoms with Crippen LogP contribution in [0.1, 0.15) is 95.1 Å². The van der Waals surface area contributed by atoms with Gasteiger partial charge >= 0.3 is 18.2 Å². The van der Waals surface area contributed by atoms with Gasteiger partial charge in [-0.25, -0.2) is 14.6 Å². The number of aromatic nitrogens is 1. The Morgan fingerprint density at radius 1 is 1.11 bits per heavy atom. The van der Waals surface area contributed by atoms with E-state index in [9.17, 15) is 37.1 Å². The van der Waals surface area contributed by atoms with E-state index >= 15 is 0 Å². The zero-order valence-corrected chi connectivity index (χ0v) is 30.9. The number of benzene rings is 1. The lowest BCUT2D eigenvalue weighted by Crippen LogP contribution is -2.57. The quantitative estimate of drug-likeness (QED) is 0.304. The van der Waals surface area contributed by atoms with Gasteiger partial charge in [-0.3, -0.25) is 14.4 Å². The zero-order valence-electron chi connectivity index (χ0n) is 30.9. The highest BCUT2D eigenvalue weighted by atomic mass is 19.4. The minimum atomic E-state index is -5.05. The van der Waals surface area contributed by atoms with E-state index in [-0.39, 0.29) is 41.7 Å². The number of alkyl carbamates (subject to hydrolysis) is 1. The third-order valence-corrected chi connectivity index (χ3v) is 10.2. The summed E-state index contributed by atoms with van der Waals surface area (Å²) in [7, 11) is 1.37. The Morgan fingerprint density at radius 2 is 1.87 bits per heavy atom. The molecule has 2 N–H and O–H groups in total. The van der Waals surface area contributed by atoms with E-state index in [4.69, 9.17) is 18.9 Å². The second kappa shape index (κ2) is 14.4. The Hall–Kier alpha value is -4.89. The maximum Gasteiger partial charge on any atom is 0.437 e. The molecule has 3 amide bonds. The zero-order chi connectivity index (χ0) is 39.2. The number of hydrogen-bond acceptors (Lipinski definition) is 10. The van der Waals surface area contributed by atoms with Crippen molar-refractivity contribution in [3.8, 4) is 11.5 Å². The van der Waals surface area contributed by atoms with Gasteiger partial charge in [0.1, 0.15) is 34.6 Å². The first-order valence-corrected chi connectivity index (χ1v) is 18.2. The van der Waals surface area contributed by atoms with Crippen molar-refractivity contribution in [3.63, 3.8) is 0 Å². The number of ether oxygens (including phenoxy) is 4. The lowest BCUT2D eigenvalue weighted by Gasteiger charge is -2.36. The maximum absolute atomic E-state index is 14.7. The van der Waals surface area contributed by atoms with Gasteiger partial charge in [0, 0.05) is 17.7 Å². The molecule has 5 atom stereocenters. The minimum absolute atomic E-state index is 0.0492. The Bertz CT molecular complexity index is 1890. The van der Waals surface area contributed by atoms with Gasteiger partial charge in [0.05, 0.1) is 37.8 Å². The van der Waals surface area contributed by atoms with Gasteiger partial charge in [-0.1, -0.05) is 25.0 Å². The summed E-state index contributed by atoms with van der Waals surface area (Å²) in [6.45, 7) is 6.18. The fourth-order valence-electron chi connectivity index (χ4n) is 7.64. The molecule has 1 aromatic heterocycles. The Labute approximate surface area is 310 Å². The van der Waals surface area contributed by atoms with Gasteiger partial charge in [0.25, 0.3) is 0 Å². The molecule has 1 aromatic carbocycles. The summed E-state index contributed by atoms with van der Waals surface area (Å²) < 4.78 is 66.2. The molecule has 2 fully saturated rings. The Balaban J connectivity index is 1.43. The first-order valence-electron chi connectivity index (χ1n) is 18.2. The maximum atomic E-state index is 14.7. The number of alkyl halides is 3. The number of esters is 1. The van der Waals surface area contributed by atoms with Crippen molar-refractivity contribution in [2.24, 2.45) is 5.92 Å². The molecule has 1 saturated carbocycles. The summed E-state index contributed by atoms with van der Waals surface area (Å²) in [6, 6.07) is 1.52. The van der Waals surface area contributed by atoms with Crippen LogP contribution in [0.2, 0.25) is 0 Å². The minimum Gasteiger partial charge on any atom is -0.497 e. The van der Waals surface area contributed by atoms with Crippen LogP contribution in [0.25, 0.3) is 10.9 Å². The average molecular weight is 759 g/mol. The molecule has 6 rings (SSSR count). The predicted octanol–water partition coefficient (Wildman–Crippen LogP) is 5.42. The van der Waals surface area contributed by atoms with Crippen molar-refractivity contribution in [1.82, 2.24) is 20.5 Å². The fraction of sp³-hybridized carbons (Fsp3) is 0.579. The van der Waals surface area contributed by atoms with Gasteiger partial charge in [-0.15, -0.1) is 0 Å². The van der Waals surface area contributed by atoms with Crippen LogP contribution in [0.3, 0.4) is 0 Å². The van der Waals surface area contributed by atoms with Crippen molar-refractivity contribution in [3.05, 3.63) is 41.6 Å². The molecule has 1 spiro atoms. The molecule has 13 nitrogen and oxygen atoms in total. The number of fused-ring (bicyclic) bond motifs is 5. The molecule has 1 saturated heterocycles. The predicted molar refractivity (Wildman–Crippen MR) is 187 cm³/mol. The second-order valence-corrected chi connectivity index (χ2v) is 15.4. The van der Waals surface area contributed by atoms with Crippen LogP contribution >= 0.6 is 0 Å². The summed E-state index contributed by atoms with van der Waals surface area (Å²) in [5, 5.41) is 5.52.